The number of likely N-dealkylation sites (tertiary alicyclic amines) is 1. The van der Waals surface area contributed by atoms with Crippen LogP contribution in [-0.2, 0) is 10.0 Å². The van der Waals surface area contributed by atoms with Crippen LogP contribution < -0.4 is 4.72 Å². The normalized spacial score (nSPS) is 18.8. The Hall–Kier alpha value is -1.21. The Bertz CT molecular complexity index is 708. The summed E-state index contributed by atoms with van der Waals surface area (Å²) in [5.74, 6) is 0. The van der Waals surface area contributed by atoms with Crippen LogP contribution in [0.2, 0.25) is 0 Å². The largest absolute Gasteiger partial charge is 0.294 e. The second kappa shape index (κ2) is 7.13. The molecule has 1 aliphatic rings. The van der Waals surface area contributed by atoms with Crippen LogP contribution in [0, 0.1) is 0 Å². The summed E-state index contributed by atoms with van der Waals surface area (Å²) < 4.78 is 28.1. The van der Waals surface area contributed by atoms with Crippen molar-refractivity contribution in [2.24, 2.45) is 0 Å². The van der Waals surface area contributed by atoms with Crippen molar-refractivity contribution in [1.82, 2.24) is 9.62 Å². The molecule has 1 aromatic carbocycles. The summed E-state index contributed by atoms with van der Waals surface area (Å²) in [6.45, 7) is 4.02. The van der Waals surface area contributed by atoms with E-state index in [2.05, 4.69) is 21.1 Å². The Labute approximate surface area is 142 Å². The minimum absolute atomic E-state index is 0.0935. The molecule has 0 radical (unpaired) electrons. The van der Waals surface area contributed by atoms with Crippen molar-refractivity contribution >= 4 is 21.4 Å². The lowest BCUT2D eigenvalue weighted by Gasteiger charge is -2.32. The predicted molar refractivity (Wildman–Crippen MR) is 94.1 cm³/mol. The quantitative estimate of drug-likeness (QED) is 0.870. The van der Waals surface area contributed by atoms with Gasteiger partial charge < -0.3 is 0 Å². The summed E-state index contributed by atoms with van der Waals surface area (Å²) in [6, 6.07) is 12.6. The number of hydrogen-bond acceptors (Lipinski definition) is 4. The molecule has 0 aliphatic carbocycles. The number of nitrogens with zero attached hydrogens (tertiary/aromatic N) is 1. The lowest BCUT2D eigenvalue weighted by atomic mass is 10.1. The van der Waals surface area contributed by atoms with Gasteiger partial charge in [0.15, 0.2) is 0 Å². The first-order chi connectivity index (χ1) is 11.1. The van der Waals surface area contributed by atoms with Gasteiger partial charge in [-0.1, -0.05) is 24.3 Å². The van der Waals surface area contributed by atoms with E-state index >= 15 is 0 Å². The van der Waals surface area contributed by atoms with E-state index in [1.807, 2.05) is 19.1 Å². The fraction of sp³-hybridized carbons (Fsp3) is 0.412. The third-order valence-electron chi connectivity index (χ3n) is 4.24. The highest BCUT2D eigenvalue weighted by Crippen LogP contribution is 2.31. The topological polar surface area (TPSA) is 49.4 Å². The average Bonchev–Trinajstić information content (AvgIpc) is 3.22. The van der Waals surface area contributed by atoms with Crippen LogP contribution >= 0.6 is 11.3 Å². The van der Waals surface area contributed by atoms with Gasteiger partial charge in [-0.25, -0.2) is 13.1 Å². The van der Waals surface area contributed by atoms with Crippen molar-refractivity contribution in [3.05, 3.63) is 52.7 Å². The van der Waals surface area contributed by atoms with Crippen molar-refractivity contribution in [2.45, 2.75) is 36.7 Å². The third kappa shape index (κ3) is 3.83. The van der Waals surface area contributed by atoms with Crippen LogP contribution in [0.25, 0.3) is 0 Å². The van der Waals surface area contributed by atoms with Gasteiger partial charge in [0.2, 0.25) is 10.0 Å². The number of sulfonamides is 1. The number of thiophene rings is 1. The molecule has 4 nitrogen and oxygen atoms in total. The summed E-state index contributed by atoms with van der Waals surface area (Å²) in [5, 5.41) is 2.05. The molecule has 0 unspecified atom stereocenters. The first kappa shape index (κ1) is 16.6. The van der Waals surface area contributed by atoms with Gasteiger partial charge in [-0.05, 0) is 56.4 Å². The Morgan fingerprint density at radius 2 is 1.78 bits per heavy atom. The zero-order valence-electron chi connectivity index (χ0n) is 13.2. The van der Waals surface area contributed by atoms with Crippen LogP contribution in [0.3, 0.4) is 0 Å². The minimum atomic E-state index is -3.50. The van der Waals surface area contributed by atoms with Crippen molar-refractivity contribution < 1.29 is 8.42 Å². The highest BCUT2D eigenvalue weighted by molar-refractivity contribution is 7.89. The van der Waals surface area contributed by atoms with Gasteiger partial charge in [0.05, 0.1) is 10.9 Å². The maximum atomic E-state index is 12.6. The van der Waals surface area contributed by atoms with Crippen molar-refractivity contribution in [2.75, 3.05) is 13.1 Å². The van der Waals surface area contributed by atoms with Gasteiger partial charge in [0.1, 0.15) is 0 Å². The molecule has 0 spiro atoms. The summed E-state index contributed by atoms with van der Waals surface area (Å²) >= 11 is 1.69. The molecule has 1 fully saturated rings. The van der Waals surface area contributed by atoms with E-state index in [0.29, 0.717) is 4.90 Å². The molecule has 124 valence electrons. The van der Waals surface area contributed by atoms with E-state index < -0.39 is 10.0 Å². The maximum Gasteiger partial charge on any atom is 0.240 e. The van der Waals surface area contributed by atoms with Gasteiger partial charge in [-0.15, -0.1) is 11.3 Å². The first-order valence-electron chi connectivity index (χ1n) is 7.93. The molecule has 23 heavy (non-hydrogen) atoms. The minimum Gasteiger partial charge on any atom is -0.294 e. The fourth-order valence-electron chi connectivity index (χ4n) is 3.20. The van der Waals surface area contributed by atoms with Gasteiger partial charge >= 0.3 is 0 Å². The summed E-state index contributed by atoms with van der Waals surface area (Å²) in [5.41, 5.74) is 0. The molecule has 2 aromatic rings. The van der Waals surface area contributed by atoms with Crippen LogP contribution in [0.15, 0.2) is 52.7 Å². The molecular weight excluding hydrogens is 328 g/mol. The van der Waals surface area contributed by atoms with Gasteiger partial charge in [-0.2, -0.15) is 0 Å². The van der Waals surface area contributed by atoms with Crippen LogP contribution in [0.5, 0.6) is 0 Å². The Morgan fingerprint density at radius 1 is 1.09 bits per heavy atom. The molecule has 1 aromatic heterocycles. The van der Waals surface area contributed by atoms with Crippen molar-refractivity contribution in [3.8, 4) is 0 Å². The number of hydrogen-bond donors (Lipinski definition) is 1. The van der Waals surface area contributed by atoms with Crippen LogP contribution in [-0.4, -0.2) is 32.4 Å². The summed E-state index contributed by atoms with van der Waals surface area (Å²) in [4.78, 5) is 3.93. The number of benzene rings is 1. The SMILES string of the molecule is C[C@H](NS(=O)(=O)c1ccccc1)[C@H](c1cccs1)N1CCCC1. The lowest BCUT2D eigenvalue weighted by Crippen LogP contribution is -2.43. The van der Waals surface area contributed by atoms with E-state index in [-0.39, 0.29) is 12.1 Å². The van der Waals surface area contributed by atoms with Crippen LogP contribution in [0.1, 0.15) is 30.7 Å². The smallest absolute Gasteiger partial charge is 0.240 e. The van der Waals surface area contributed by atoms with Gasteiger partial charge in [-0.3, -0.25) is 4.90 Å². The van der Waals surface area contributed by atoms with Gasteiger partial charge in [0.25, 0.3) is 0 Å². The third-order valence-corrected chi connectivity index (χ3v) is 6.75. The molecule has 2 heterocycles. The molecule has 0 saturated carbocycles. The second-order valence-electron chi connectivity index (χ2n) is 5.93. The molecular formula is C17H22N2O2S2. The molecule has 0 bridgehead atoms. The zero-order chi connectivity index (χ0) is 16.3. The first-order valence-corrected chi connectivity index (χ1v) is 10.3. The van der Waals surface area contributed by atoms with E-state index in [9.17, 15) is 8.42 Å². The molecule has 6 heteroatoms. The summed E-state index contributed by atoms with van der Waals surface area (Å²) in [6.07, 6.45) is 2.36. The number of rotatable bonds is 6. The maximum absolute atomic E-state index is 12.6. The van der Waals surface area contributed by atoms with E-state index in [1.165, 1.54) is 17.7 Å². The van der Waals surface area contributed by atoms with Crippen LogP contribution in [0.4, 0.5) is 0 Å². The monoisotopic (exact) mass is 350 g/mol. The van der Waals surface area contributed by atoms with E-state index in [0.717, 1.165) is 13.1 Å². The van der Waals surface area contributed by atoms with Gasteiger partial charge in [0, 0.05) is 10.9 Å². The standard InChI is InChI=1S/C17H22N2O2S2/c1-14(18-23(20,21)15-8-3-2-4-9-15)17(16-10-7-13-22-16)19-11-5-6-12-19/h2-4,7-10,13-14,17-18H,5-6,11-12H2,1H3/t14-,17+/m0/s1. The second-order valence-corrected chi connectivity index (χ2v) is 8.62. The van der Waals surface area contributed by atoms with E-state index in [1.54, 1.807) is 35.6 Å². The molecule has 2 atom stereocenters. The Balaban J connectivity index is 1.82. The van der Waals surface area contributed by atoms with E-state index in [4.69, 9.17) is 0 Å². The molecule has 1 saturated heterocycles. The Kier molecular flexibility index (Phi) is 5.16. The molecule has 1 aliphatic heterocycles. The molecule has 0 amide bonds. The summed E-state index contributed by atoms with van der Waals surface area (Å²) in [7, 11) is -3.50. The Morgan fingerprint density at radius 3 is 2.39 bits per heavy atom. The van der Waals surface area contributed by atoms with Crippen molar-refractivity contribution in [1.29, 1.82) is 0 Å². The average molecular weight is 351 g/mol. The molecule has 3 rings (SSSR count). The number of nitrogens with one attached hydrogen (secondary N) is 1. The highest BCUT2D eigenvalue weighted by Gasteiger charge is 2.31. The lowest BCUT2D eigenvalue weighted by molar-refractivity contribution is 0.215. The van der Waals surface area contributed by atoms with Crippen molar-refractivity contribution in [3.63, 3.8) is 0 Å². The predicted octanol–water partition coefficient (Wildman–Crippen LogP) is 3.25. The highest BCUT2D eigenvalue weighted by atomic mass is 32.2. The molecule has 1 N–H and O–H groups in total. The zero-order valence-corrected chi connectivity index (χ0v) is 14.8. The fourth-order valence-corrected chi connectivity index (χ4v) is 5.43.